The lowest BCUT2D eigenvalue weighted by Gasteiger charge is -2.34. The van der Waals surface area contributed by atoms with Crippen molar-refractivity contribution in [1.29, 1.82) is 0 Å². The number of carbonyl (C=O) groups is 2. The summed E-state index contributed by atoms with van der Waals surface area (Å²) in [7, 11) is 0. The van der Waals surface area contributed by atoms with Crippen molar-refractivity contribution < 1.29 is 14.3 Å². The van der Waals surface area contributed by atoms with Crippen LogP contribution >= 0.6 is 0 Å². The minimum absolute atomic E-state index is 0.263. The average molecular weight is 370 g/mol. The van der Waals surface area contributed by atoms with Crippen molar-refractivity contribution >= 4 is 17.8 Å². The number of piperazine rings is 1. The summed E-state index contributed by atoms with van der Waals surface area (Å²) in [6, 6.07) is 5.35. The summed E-state index contributed by atoms with van der Waals surface area (Å²) < 4.78 is 5.02. The quantitative estimate of drug-likeness (QED) is 0.840. The Morgan fingerprint density at radius 2 is 1.89 bits per heavy atom. The number of anilines is 1. The Labute approximate surface area is 157 Å². The highest BCUT2D eigenvalue weighted by atomic mass is 16.6. The number of rotatable bonds is 5. The number of aromatic nitrogens is 3. The Balaban J connectivity index is 1.57. The van der Waals surface area contributed by atoms with Crippen LogP contribution in [0.2, 0.25) is 0 Å². The topological polar surface area (TPSA) is 101 Å². The van der Waals surface area contributed by atoms with Gasteiger partial charge in [-0.1, -0.05) is 0 Å². The number of carbonyl (C=O) groups excluding carboxylic acids is 2. The maximum absolute atomic E-state index is 12.4. The van der Waals surface area contributed by atoms with Gasteiger partial charge in [-0.05, 0) is 24.6 Å². The zero-order valence-electron chi connectivity index (χ0n) is 15.2. The number of hydrogen-bond donors (Lipinski definition) is 1. The standard InChI is InChI=1S/C18H22N6O3/c1-2-27-18(26)24-9-7-23(8-10-24)16-11-15(21-13-22-16)17(25)20-12-14-3-5-19-6-4-14/h3-6,11,13H,2,7-10,12H2,1H3,(H,20,25). The fraction of sp³-hybridized carbons (Fsp3) is 0.389. The van der Waals surface area contributed by atoms with Crippen LogP contribution in [-0.2, 0) is 11.3 Å². The van der Waals surface area contributed by atoms with Crippen molar-refractivity contribution in [3.05, 3.63) is 48.2 Å². The van der Waals surface area contributed by atoms with Gasteiger partial charge in [-0.2, -0.15) is 0 Å². The third-order valence-corrected chi connectivity index (χ3v) is 4.22. The van der Waals surface area contributed by atoms with Gasteiger partial charge in [0.25, 0.3) is 5.91 Å². The van der Waals surface area contributed by atoms with Crippen LogP contribution in [0.3, 0.4) is 0 Å². The van der Waals surface area contributed by atoms with E-state index >= 15 is 0 Å². The Bertz CT molecular complexity index is 778. The highest BCUT2D eigenvalue weighted by Crippen LogP contribution is 2.14. The summed E-state index contributed by atoms with van der Waals surface area (Å²) in [5, 5.41) is 2.84. The number of pyridine rings is 1. The molecule has 0 bridgehead atoms. The van der Waals surface area contributed by atoms with E-state index in [0.717, 1.165) is 5.56 Å². The molecule has 1 saturated heterocycles. The second-order valence-corrected chi connectivity index (χ2v) is 5.97. The predicted molar refractivity (Wildman–Crippen MR) is 98.2 cm³/mol. The van der Waals surface area contributed by atoms with Crippen molar-refractivity contribution in [1.82, 2.24) is 25.2 Å². The molecule has 27 heavy (non-hydrogen) atoms. The summed E-state index contributed by atoms with van der Waals surface area (Å²) >= 11 is 0. The Morgan fingerprint density at radius 1 is 1.15 bits per heavy atom. The molecule has 9 heteroatoms. The van der Waals surface area contributed by atoms with E-state index in [-0.39, 0.29) is 12.0 Å². The van der Waals surface area contributed by atoms with E-state index < -0.39 is 0 Å². The Kier molecular flexibility index (Phi) is 6.14. The first-order chi connectivity index (χ1) is 13.2. The third-order valence-electron chi connectivity index (χ3n) is 4.22. The lowest BCUT2D eigenvalue weighted by atomic mass is 10.2. The van der Waals surface area contributed by atoms with E-state index in [1.54, 1.807) is 30.3 Å². The van der Waals surface area contributed by atoms with Crippen molar-refractivity contribution in [3.63, 3.8) is 0 Å². The highest BCUT2D eigenvalue weighted by Gasteiger charge is 2.23. The van der Waals surface area contributed by atoms with Gasteiger partial charge in [0, 0.05) is 51.2 Å². The van der Waals surface area contributed by atoms with E-state index in [1.165, 1.54) is 6.33 Å². The van der Waals surface area contributed by atoms with Crippen LogP contribution in [0.25, 0.3) is 0 Å². The molecule has 1 N–H and O–H groups in total. The maximum Gasteiger partial charge on any atom is 0.409 e. The summed E-state index contributed by atoms with van der Waals surface area (Å²) in [5.41, 5.74) is 1.27. The molecule has 0 spiro atoms. The maximum atomic E-state index is 12.4. The molecular weight excluding hydrogens is 348 g/mol. The number of nitrogens with zero attached hydrogens (tertiary/aromatic N) is 5. The molecule has 0 aromatic carbocycles. The first-order valence-corrected chi connectivity index (χ1v) is 8.83. The van der Waals surface area contributed by atoms with E-state index in [4.69, 9.17) is 4.74 Å². The number of hydrogen-bond acceptors (Lipinski definition) is 7. The van der Waals surface area contributed by atoms with Gasteiger partial charge in [-0.25, -0.2) is 14.8 Å². The summed E-state index contributed by atoms with van der Waals surface area (Å²) in [6.07, 6.45) is 4.45. The van der Waals surface area contributed by atoms with Gasteiger partial charge >= 0.3 is 6.09 Å². The zero-order chi connectivity index (χ0) is 19.1. The van der Waals surface area contributed by atoms with E-state index in [9.17, 15) is 9.59 Å². The van der Waals surface area contributed by atoms with Crippen LogP contribution < -0.4 is 10.2 Å². The molecule has 0 aliphatic carbocycles. The fourth-order valence-electron chi connectivity index (χ4n) is 2.75. The molecule has 2 aromatic rings. The largest absolute Gasteiger partial charge is 0.450 e. The van der Waals surface area contributed by atoms with E-state index in [0.29, 0.717) is 50.8 Å². The Hall–Kier alpha value is -3.23. The molecule has 0 unspecified atom stereocenters. The molecule has 1 aliphatic heterocycles. The fourth-order valence-corrected chi connectivity index (χ4v) is 2.75. The first-order valence-electron chi connectivity index (χ1n) is 8.83. The van der Waals surface area contributed by atoms with Gasteiger partial charge in [-0.15, -0.1) is 0 Å². The van der Waals surface area contributed by atoms with Gasteiger partial charge in [0.05, 0.1) is 6.61 Å². The van der Waals surface area contributed by atoms with Gasteiger partial charge < -0.3 is 19.9 Å². The molecule has 9 nitrogen and oxygen atoms in total. The summed E-state index contributed by atoms with van der Waals surface area (Å²) in [4.78, 5) is 40.1. The van der Waals surface area contributed by atoms with Crippen LogP contribution in [0, 0.1) is 0 Å². The molecule has 3 heterocycles. The minimum atomic E-state index is -0.295. The van der Waals surface area contributed by atoms with Crippen LogP contribution in [0.4, 0.5) is 10.6 Å². The number of ether oxygens (including phenoxy) is 1. The normalized spacial score (nSPS) is 14.0. The molecule has 1 aliphatic rings. The predicted octanol–water partition coefficient (Wildman–Crippen LogP) is 1.08. The van der Waals surface area contributed by atoms with Gasteiger partial charge in [-0.3, -0.25) is 9.78 Å². The van der Waals surface area contributed by atoms with Crippen molar-refractivity contribution in [2.45, 2.75) is 13.5 Å². The molecule has 2 aromatic heterocycles. The van der Waals surface area contributed by atoms with Gasteiger partial charge in [0.2, 0.25) is 0 Å². The molecule has 0 saturated carbocycles. The van der Waals surface area contributed by atoms with Crippen molar-refractivity contribution in [2.24, 2.45) is 0 Å². The summed E-state index contributed by atoms with van der Waals surface area (Å²) in [5.74, 6) is 0.406. The lowest BCUT2D eigenvalue weighted by molar-refractivity contribution is 0.0945. The molecule has 2 amide bonds. The van der Waals surface area contributed by atoms with Crippen LogP contribution in [-0.4, -0.2) is 64.6 Å². The van der Waals surface area contributed by atoms with Gasteiger partial charge in [0.15, 0.2) is 0 Å². The molecule has 142 valence electrons. The molecule has 0 atom stereocenters. The second kappa shape index (κ2) is 8.93. The smallest absolute Gasteiger partial charge is 0.409 e. The van der Waals surface area contributed by atoms with Crippen LogP contribution in [0.15, 0.2) is 36.9 Å². The Morgan fingerprint density at radius 3 is 2.59 bits per heavy atom. The molecule has 0 radical (unpaired) electrons. The van der Waals surface area contributed by atoms with Crippen molar-refractivity contribution in [2.75, 3.05) is 37.7 Å². The number of nitrogens with one attached hydrogen (secondary N) is 1. The third kappa shape index (κ3) is 4.90. The molecule has 3 rings (SSSR count). The average Bonchev–Trinajstić information content (AvgIpc) is 2.73. The monoisotopic (exact) mass is 370 g/mol. The zero-order valence-corrected chi connectivity index (χ0v) is 15.2. The first kappa shape index (κ1) is 18.6. The minimum Gasteiger partial charge on any atom is -0.450 e. The highest BCUT2D eigenvalue weighted by molar-refractivity contribution is 5.92. The second-order valence-electron chi connectivity index (χ2n) is 5.97. The molecule has 1 fully saturated rings. The van der Waals surface area contributed by atoms with Crippen molar-refractivity contribution in [3.8, 4) is 0 Å². The van der Waals surface area contributed by atoms with E-state index in [2.05, 4.69) is 20.3 Å². The van der Waals surface area contributed by atoms with Crippen LogP contribution in [0.5, 0.6) is 0 Å². The van der Waals surface area contributed by atoms with E-state index in [1.807, 2.05) is 17.0 Å². The summed E-state index contributed by atoms with van der Waals surface area (Å²) in [6.45, 7) is 4.89. The molecular formula is C18H22N6O3. The lowest BCUT2D eigenvalue weighted by Crippen LogP contribution is -2.49. The van der Waals surface area contributed by atoms with Crippen LogP contribution in [0.1, 0.15) is 23.0 Å². The number of amides is 2. The SMILES string of the molecule is CCOC(=O)N1CCN(c2cc(C(=O)NCc3ccncc3)ncn2)CC1. The van der Waals surface area contributed by atoms with Gasteiger partial charge in [0.1, 0.15) is 17.8 Å².